The number of rotatable bonds is 1. The molecule has 0 aliphatic carbocycles. The molecule has 0 radical (unpaired) electrons. The molecule has 1 aliphatic heterocycles. The van der Waals surface area contributed by atoms with Gasteiger partial charge in [0.15, 0.2) is 0 Å². The molecule has 11 heavy (non-hydrogen) atoms. The number of hydroxylamine groups is 2. The van der Waals surface area contributed by atoms with E-state index in [1.54, 1.807) is 0 Å². The van der Waals surface area contributed by atoms with E-state index in [-0.39, 0.29) is 12.8 Å². The molecule has 5 nitrogen and oxygen atoms in total. The zero-order chi connectivity index (χ0) is 8.43. The Morgan fingerprint density at radius 1 is 1.36 bits per heavy atom. The second-order valence-corrected chi connectivity index (χ2v) is 2.22. The summed E-state index contributed by atoms with van der Waals surface area (Å²) in [7, 11) is 0. The molecule has 2 amide bonds. The van der Waals surface area contributed by atoms with Gasteiger partial charge in [-0.15, -0.1) is 5.06 Å². The van der Waals surface area contributed by atoms with E-state index in [4.69, 9.17) is 11.6 Å². The molecule has 0 bridgehead atoms. The largest absolute Gasteiger partial charge is 0.428 e. The van der Waals surface area contributed by atoms with Crippen molar-refractivity contribution in [2.75, 3.05) is 0 Å². The molecule has 1 aliphatic rings. The Bertz CT molecular complexity index is 211. The zero-order valence-electron chi connectivity index (χ0n) is 5.37. The van der Waals surface area contributed by atoms with Crippen molar-refractivity contribution >= 4 is 28.8 Å². The number of amides is 2. The molecule has 0 aromatic heterocycles. The van der Waals surface area contributed by atoms with E-state index in [0.29, 0.717) is 5.06 Å². The molecule has 1 saturated heterocycles. The lowest BCUT2D eigenvalue weighted by Crippen LogP contribution is -2.30. The van der Waals surface area contributed by atoms with Crippen molar-refractivity contribution in [3.63, 3.8) is 0 Å². The lowest BCUT2D eigenvalue weighted by Gasteiger charge is -2.08. The SMILES string of the molecule is O=C(Cl)ON1C(=O)CCC1=O. The van der Waals surface area contributed by atoms with Crippen molar-refractivity contribution in [2.45, 2.75) is 12.8 Å². The van der Waals surface area contributed by atoms with Crippen molar-refractivity contribution in [3.05, 3.63) is 0 Å². The summed E-state index contributed by atoms with van der Waals surface area (Å²) in [6.07, 6.45) is 0.145. The van der Waals surface area contributed by atoms with Crippen LogP contribution < -0.4 is 0 Å². The van der Waals surface area contributed by atoms with E-state index in [0.717, 1.165) is 0 Å². The van der Waals surface area contributed by atoms with Crippen LogP contribution in [0.3, 0.4) is 0 Å². The fourth-order valence-electron chi connectivity index (χ4n) is 0.730. The molecule has 0 aromatic carbocycles. The summed E-state index contributed by atoms with van der Waals surface area (Å²) >= 11 is 4.78. The van der Waals surface area contributed by atoms with Gasteiger partial charge in [0, 0.05) is 24.4 Å². The predicted octanol–water partition coefficient (Wildman–Crippen LogP) is 0.426. The van der Waals surface area contributed by atoms with E-state index in [9.17, 15) is 14.4 Å². The van der Waals surface area contributed by atoms with Crippen LogP contribution in [0.1, 0.15) is 12.8 Å². The molecule has 0 unspecified atom stereocenters. The van der Waals surface area contributed by atoms with Gasteiger partial charge in [0.1, 0.15) is 0 Å². The van der Waals surface area contributed by atoms with E-state index in [1.807, 2.05) is 0 Å². The Labute approximate surface area is 66.8 Å². The Morgan fingerprint density at radius 3 is 2.18 bits per heavy atom. The second-order valence-electron chi connectivity index (χ2n) is 1.91. The number of hydrogen-bond acceptors (Lipinski definition) is 4. The smallest absolute Gasteiger partial charge is 0.315 e. The molecule has 60 valence electrons. The average Bonchev–Trinajstić information content (AvgIpc) is 2.18. The van der Waals surface area contributed by atoms with Crippen LogP contribution in [0.4, 0.5) is 4.79 Å². The fourth-order valence-corrected chi connectivity index (χ4v) is 0.799. The second kappa shape index (κ2) is 2.87. The van der Waals surface area contributed by atoms with E-state index in [2.05, 4.69) is 4.84 Å². The molecule has 0 aromatic rings. The van der Waals surface area contributed by atoms with Crippen LogP contribution in [-0.4, -0.2) is 22.3 Å². The number of carbonyl (C=O) groups is 3. The summed E-state index contributed by atoms with van der Waals surface area (Å²) in [6.45, 7) is 0. The van der Waals surface area contributed by atoms with Gasteiger partial charge in [-0.05, 0) is 0 Å². The number of imide groups is 1. The van der Waals surface area contributed by atoms with E-state index in [1.165, 1.54) is 0 Å². The van der Waals surface area contributed by atoms with Crippen molar-refractivity contribution < 1.29 is 19.2 Å². The summed E-state index contributed by atoms with van der Waals surface area (Å²) in [5.74, 6) is -1.08. The van der Waals surface area contributed by atoms with Crippen LogP contribution in [0.5, 0.6) is 0 Å². The van der Waals surface area contributed by atoms with Crippen LogP contribution in [0.15, 0.2) is 0 Å². The van der Waals surface area contributed by atoms with E-state index < -0.39 is 17.2 Å². The van der Waals surface area contributed by atoms with Gasteiger partial charge >= 0.3 is 5.43 Å². The Kier molecular flexibility index (Phi) is 2.09. The molecule has 1 heterocycles. The summed E-state index contributed by atoms with van der Waals surface area (Å²) in [6, 6.07) is 0. The van der Waals surface area contributed by atoms with Gasteiger partial charge in [-0.2, -0.15) is 0 Å². The maximum Gasteiger partial charge on any atom is 0.428 e. The fraction of sp³-hybridized carbons (Fsp3) is 0.400. The van der Waals surface area contributed by atoms with Crippen LogP contribution in [0.2, 0.25) is 0 Å². The molecule has 6 heteroatoms. The standard InChI is InChI=1S/C5H4ClNO4/c6-5(10)11-7-3(8)1-2-4(7)9/h1-2H2. The Balaban J connectivity index is 2.62. The maximum absolute atomic E-state index is 10.7. The number of carbonyl (C=O) groups excluding carboxylic acids is 3. The van der Waals surface area contributed by atoms with Gasteiger partial charge in [0.05, 0.1) is 0 Å². The van der Waals surface area contributed by atoms with Gasteiger partial charge in [-0.25, -0.2) is 4.79 Å². The quantitative estimate of drug-likeness (QED) is 0.430. The van der Waals surface area contributed by atoms with Crippen LogP contribution in [-0.2, 0) is 14.4 Å². The zero-order valence-corrected chi connectivity index (χ0v) is 6.13. The van der Waals surface area contributed by atoms with Crippen molar-refractivity contribution in [1.82, 2.24) is 5.06 Å². The number of nitrogens with zero attached hydrogens (tertiary/aromatic N) is 1. The minimum Gasteiger partial charge on any atom is -0.315 e. The van der Waals surface area contributed by atoms with Gasteiger partial charge in [0.2, 0.25) is 0 Å². The predicted molar refractivity (Wildman–Crippen MR) is 33.4 cm³/mol. The van der Waals surface area contributed by atoms with Gasteiger partial charge < -0.3 is 4.84 Å². The first-order valence-corrected chi connectivity index (χ1v) is 3.22. The molecule has 0 N–H and O–H groups in total. The van der Waals surface area contributed by atoms with Gasteiger partial charge in [-0.1, -0.05) is 0 Å². The van der Waals surface area contributed by atoms with Crippen LogP contribution >= 0.6 is 11.6 Å². The highest BCUT2D eigenvalue weighted by molar-refractivity contribution is 6.61. The highest BCUT2D eigenvalue weighted by Gasteiger charge is 2.32. The highest BCUT2D eigenvalue weighted by atomic mass is 35.5. The van der Waals surface area contributed by atoms with Gasteiger partial charge in [0.25, 0.3) is 11.8 Å². The lowest BCUT2D eigenvalue weighted by molar-refractivity contribution is -0.169. The molecular formula is C5H4ClNO4. The molecule has 1 fully saturated rings. The van der Waals surface area contributed by atoms with Crippen molar-refractivity contribution in [3.8, 4) is 0 Å². The third kappa shape index (κ3) is 1.68. The van der Waals surface area contributed by atoms with Crippen molar-refractivity contribution in [2.24, 2.45) is 0 Å². The average molecular weight is 178 g/mol. The third-order valence-electron chi connectivity index (χ3n) is 1.17. The Morgan fingerprint density at radius 2 is 1.82 bits per heavy atom. The summed E-state index contributed by atoms with van der Waals surface area (Å²) < 4.78 is 0. The number of hydrogen-bond donors (Lipinski definition) is 0. The molecule has 1 rings (SSSR count). The molecular weight excluding hydrogens is 174 g/mol. The lowest BCUT2D eigenvalue weighted by atomic mass is 10.4. The van der Waals surface area contributed by atoms with E-state index >= 15 is 0 Å². The van der Waals surface area contributed by atoms with Crippen LogP contribution in [0.25, 0.3) is 0 Å². The first-order chi connectivity index (χ1) is 5.11. The minimum absolute atomic E-state index is 0.0724. The van der Waals surface area contributed by atoms with Crippen LogP contribution in [0, 0.1) is 0 Å². The topological polar surface area (TPSA) is 63.7 Å². The van der Waals surface area contributed by atoms with Gasteiger partial charge in [-0.3, -0.25) is 9.59 Å². The molecule has 0 saturated carbocycles. The Hall–Kier alpha value is -1.10. The minimum atomic E-state index is -1.19. The summed E-state index contributed by atoms with van der Waals surface area (Å²) in [4.78, 5) is 35.6. The first kappa shape index (κ1) is 8.00. The normalized spacial score (nSPS) is 17.4. The van der Waals surface area contributed by atoms with Crippen molar-refractivity contribution in [1.29, 1.82) is 0 Å². The monoisotopic (exact) mass is 177 g/mol. The first-order valence-electron chi connectivity index (χ1n) is 2.84. The summed E-state index contributed by atoms with van der Waals surface area (Å²) in [5.41, 5.74) is -1.19. The number of halogens is 1. The third-order valence-corrected chi connectivity index (χ3v) is 1.24. The molecule has 0 atom stereocenters. The highest BCUT2D eigenvalue weighted by Crippen LogP contribution is 2.12. The molecule has 0 spiro atoms. The summed E-state index contributed by atoms with van der Waals surface area (Å²) in [5, 5.41) is 0.384. The maximum atomic E-state index is 10.7.